The van der Waals surface area contributed by atoms with Crippen LogP contribution in [0.4, 0.5) is 26.3 Å². The van der Waals surface area contributed by atoms with Gasteiger partial charge in [0.2, 0.25) is 0 Å². The van der Waals surface area contributed by atoms with Gasteiger partial charge in [0, 0.05) is 37.1 Å². The second-order valence-electron chi connectivity index (χ2n) is 7.08. The van der Waals surface area contributed by atoms with Crippen LogP contribution in [-0.2, 0) is 12.4 Å². The molecule has 2 heterocycles. The molecule has 0 spiro atoms. The van der Waals surface area contributed by atoms with E-state index in [-0.39, 0.29) is 31.1 Å². The first-order chi connectivity index (χ1) is 14.4. The molecule has 2 amide bonds. The van der Waals surface area contributed by atoms with Crippen LogP contribution in [0.1, 0.15) is 44.7 Å². The number of alkyl halides is 6. The van der Waals surface area contributed by atoms with Crippen molar-refractivity contribution in [1.29, 1.82) is 0 Å². The van der Waals surface area contributed by atoms with Crippen molar-refractivity contribution < 1.29 is 35.9 Å². The predicted octanol–water partition coefficient (Wildman–Crippen LogP) is 4.15. The minimum absolute atomic E-state index is 0.0169. The third-order valence-corrected chi connectivity index (χ3v) is 4.88. The van der Waals surface area contributed by atoms with Crippen molar-refractivity contribution >= 4 is 11.8 Å². The second-order valence-corrected chi connectivity index (χ2v) is 7.08. The highest BCUT2D eigenvalue weighted by Gasteiger charge is 2.38. The Balaban J connectivity index is 1.70. The fourth-order valence-electron chi connectivity index (χ4n) is 3.25. The van der Waals surface area contributed by atoms with E-state index in [1.165, 1.54) is 17.3 Å². The van der Waals surface area contributed by atoms with Gasteiger partial charge in [-0.25, -0.2) is 0 Å². The zero-order valence-electron chi connectivity index (χ0n) is 15.9. The molecule has 1 fully saturated rings. The molecular formula is C20H17F6N3O2. The molecule has 1 aromatic heterocycles. The maximum Gasteiger partial charge on any atom is 0.416 e. The molecule has 1 N–H and O–H groups in total. The van der Waals surface area contributed by atoms with Crippen LogP contribution >= 0.6 is 0 Å². The molecular weight excluding hydrogens is 428 g/mol. The minimum atomic E-state index is -5.03. The summed E-state index contributed by atoms with van der Waals surface area (Å²) in [7, 11) is 0. The van der Waals surface area contributed by atoms with E-state index in [0.29, 0.717) is 30.5 Å². The summed E-state index contributed by atoms with van der Waals surface area (Å²) in [5.41, 5.74) is -3.40. The topological polar surface area (TPSA) is 62.3 Å². The normalized spacial score (nSPS) is 15.6. The van der Waals surface area contributed by atoms with Gasteiger partial charge in [-0.15, -0.1) is 0 Å². The molecule has 0 aliphatic carbocycles. The molecule has 0 atom stereocenters. The summed E-state index contributed by atoms with van der Waals surface area (Å²) in [4.78, 5) is 29.8. The molecule has 1 aliphatic rings. The van der Waals surface area contributed by atoms with E-state index in [0.717, 1.165) is 0 Å². The highest BCUT2D eigenvalue weighted by Crippen LogP contribution is 2.36. The number of nitrogens with one attached hydrogen (secondary N) is 1. The largest absolute Gasteiger partial charge is 0.416 e. The molecule has 11 heteroatoms. The molecule has 0 unspecified atom stereocenters. The number of piperidine rings is 1. The Morgan fingerprint density at radius 2 is 1.52 bits per heavy atom. The molecule has 0 saturated carbocycles. The second kappa shape index (κ2) is 8.56. The monoisotopic (exact) mass is 445 g/mol. The highest BCUT2D eigenvalue weighted by molar-refractivity contribution is 5.95. The summed E-state index contributed by atoms with van der Waals surface area (Å²) >= 11 is 0. The van der Waals surface area contributed by atoms with E-state index >= 15 is 0 Å². The number of carbonyl (C=O) groups excluding carboxylic acids is 2. The molecule has 3 rings (SSSR count). The number of carbonyl (C=O) groups is 2. The Bertz CT molecular complexity index is 919. The van der Waals surface area contributed by atoms with Gasteiger partial charge in [-0.3, -0.25) is 14.6 Å². The zero-order valence-corrected chi connectivity index (χ0v) is 15.9. The number of halogens is 6. The third kappa shape index (κ3) is 5.53. The zero-order chi connectivity index (χ0) is 22.8. The summed E-state index contributed by atoms with van der Waals surface area (Å²) < 4.78 is 78.1. The van der Waals surface area contributed by atoms with Gasteiger partial charge >= 0.3 is 12.4 Å². The van der Waals surface area contributed by atoms with Crippen molar-refractivity contribution in [2.24, 2.45) is 0 Å². The van der Waals surface area contributed by atoms with Crippen LogP contribution in [0, 0.1) is 0 Å². The number of amides is 2. The molecule has 0 bridgehead atoms. The summed E-state index contributed by atoms with van der Waals surface area (Å²) in [6, 6.07) is 3.72. The summed E-state index contributed by atoms with van der Waals surface area (Å²) in [6.45, 7) is 0.156. The van der Waals surface area contributed by atoms with Crippen LogP contribution in [0.15, 0.2) is 42.7 Å². The SMILES string of the molecule is O=C(NC1CCN(C(=O)c2cc(C(F)(F)F)cc(C(F)(F)F)c2)CC1)c1cccnc1. The van der Waals surface area contributed by atoms with E-state index in [9.17, 15) is 35.9 Å². The maximum atomic E-state index is 13.0. The van der Waals surface area contributed by atoms with Crippen molar-refractivity contribution in [2.45, 2.75) is 31.2 Å². The quantitative estimate of drug-likeness (QED) is 0.722. The van der Waals surface area contributed by atoms with E-state index < -0.39 is 35.0 Å². The van der Waals surface area contributed by atoms with Gasteiger partial charge in [0.05, 0.1) is 16.7 Å². The summed E-state index contributed by atoms with van der Waals surface area (Å²) in [5.74, 6) is -1.28. The Hall–Kier alpha value is -3.11. The number of likely N-dealkylation sites (tertiary alicyclic amines) is 1. The van der Waals surface area contributed by atoms with Crippen LogP contribution in [0.2, 0.25) is 0 Å². The predicted molar refractivity (Wildman–Crippen MR) is 97.1 cm³/mol. The Morgan fingerprint density at radius 3 is 2.00 bits per heavy atom. The standard InChI is InChI=1S/C20H17F6N3O2/c21-19(22,23)14-8-13(9-15(10-14)20(24,25)26)18(31)29-6-3-16(4-7-29)28-17(30)12-2-1-5-27-11-12/h1-2,5,8-11,16H,3-4,6-7H2,(H,28,30). The van der Waals surface area contributed by atoms with Crippen LogP contribution in [0.5, 0.6) is 0 Å². The molecule has 1 aliphatic heterocycles. The average Bonchev–Trinajstić information content (AvgIpc) is 2.73. The first kappa shape index (κ1) is 22.6. The molecule has 31 heavy (non-hydrogen) atoms. The van der Waals surface area contributed by atoms with E-state index in [2.05, 4.69) is 10.3 Å². The Kier molecular flexibility index (Phi) is 6.23. The number of rotatable bonds is 3. The minimum Gasteiger partial charge on any atom is -0.349 e. The van der Waals surface area contributed by atoms with Crippen molar-refractivity contribution in [1.82, 2.24) is 15.2 Å². The number of benzene rings is 1. The van der Waals surface area contributed by atoms with E-state index in [1.54, 1.807) is 12.1 Å². The maximum absolute atomic E-state index is 13.0. The number of nitrogens with zero attached hydrogens (tertiary/aromatic N) is 2. The van der Waals surface area contributed by atoms with Crippen LogP contribution in [-0.4, -0.2) is 40.8 Å². The molecule has 1 saturated heterocycles. The first-order valence-corrected chi connectivity index (χ1v) is 9.25. The number of hydrogen-bond acceptors (Lipinski definition) is 3. The molecule has 5 nitrogen and oxygen atoms in total. The number of pyridine rings is 1. The summed E-state index contributed by atoms with van der Waals surface area (Å²) in [5, 5.41) is 2.78. The van der Waals surface area contributed by atoms with Crippen LogP contribution < -0.4 is 5.32 Å². The molecule has 166 valence electrons. The van der Waals surface area contributed by atoms with Gasteiger partial charge in [0.25, 0.3) is 11.8 Å². The number of aromatic nitrogens is 1. The fraction of sp³-hybridized carbons (Fsp3) is 0.350. The Labute approximate surface area is 173 Å². The first-order valence-electron chi connectivity index (χ1n) is 9.25. The van der Waals surface area contributed by atoms with E-state index in [1.807, 2.05) is 0 Å². The third-order valence-electron chi connectivity index (χ3n) is 4.88. The van der Waals surface area contributed by atoms with Gasteiger partial charge in [-0.1, -0.05) is 0 Å². The van der Waals surface area contributed by atoms with Gasteiger partial charge in [-0.2, -0.15) is 26.3 Å². The molecule has 2 aromatic rings. The average molecular weight is 445 g/mol. The van der Waals surface area contributed by atoms with Crippen LogP contribution in [0.25, 0.3) is 0 Å². The van der Waals surface area contributed by atoms with E-state index in [4.69, 9.17) is 0 Å². The van der Waals surface area contributed by atoms with Crippen molar-refractivity contribution in [3.63, 3.8) is 0 Å². The fourth-order valence-corrected chi connectivity index (χ4v) is 3.25. The summed E-state index contributed by atoms with van der Waals surface area (Å²) in [6.07, 6.45) is -6.54. The molecule has 1 aromatic carbocycles. The lowest BCUT2D eigenvalue weighted by Crippen LogP contribution is -2.46. The number of hydrogen-bond donors (Lipinski definition) is 1. The lowest BCUT2D eigenvalue weighted by atomic mass is 10.0. The van der Waals surface area contributed by atoms with Gasteiger partial charge < -0.3 is 10.2 Å². The lowest BCUT2D eigenvalue weighted by molar-refractivity contribution is -0.143. The van der Waals surface area contributed by atoms with Crippen molar-refractivity contribution in [3.05, 3.63) is 65.0 Å². The Morgan fingerprint density at radius 1 is 0.935 bits per heavy atom. The van der Waals surface area contributed by atoms with Gasteiger partial charge in [0.15, 0.2) is 0 Å². The van der Waals surface area contributed by atoms with Crippen molar-refractivity contribution in [2.75, 3.05) is 13.1 Å². The van der Waals surface area contributed by atoms with Crippen molar-refractivity contribution in [3.8, 4) is 0 Å². The van der Waals surface area contributed by atoms with Gasteiger partial charge in [-0.05, 0) is 43.2 Å². The van der Waals surface area contributed by atoms with Crippen LogP contribution in [0.3, 0.4) is 0 Å². The molecule has 0 radical (unpaired) electrons. The highest BCUT2D eigenvalue weighted by atomic mass is 19.4. The van der Waals surface area contributed by atoms with Gasteiger partial charge in [0.1, 0.15) is 0 Å². The smallest absolute Gasteiger partial charge is 0.349 e. The lowest BCUT2D eigenvalue weighted by Gasteiger charge is -2.32.